The number of hydrogen-bond donors (Lipinski definition) is 1. The summed E-state index contributed by atoms with van der Waals surface area (Å²) in [5.74, 6) is -0.329. The van der Waals surface area contributed by atoms with Crippen molar-refractivity contribution < 1.29 is 9.13 Å². The molecule has 0 radical (unpaired) electrons. The van der Waals surface area contributed by atoms with Crippen LogP contribution in [-0.4, -0.2) is 19.2 Å². The van der Waals surface area contributed by atoms with Crippen molar-refractivity contribution in [3.63, 3.8) is 0 Å². The Bertz CT molecular complexity index is 422. The van der Waals surface area contributed by atoms with Gasteiger partial charge in [0.15, 0.2) is 0 Å². The minimum absolute atomic E-state index is 0.165. The molecule has 1 N–H and O–H groups in total. The van der Waals surface area contributed by atoms with Crippen LogP contribution >= 0.6 is 0 Å². The molecule has 0 saturated carbocycles. The lowest BCUT2D eigenvalue weighted by Gasteiger charge is -2.23. The molecule has 1 aliphatic heterocycles. The fraction of sp³-hybridized carbons (Fsp3) is 0.462. The highest BCUT2D eigenvalue weighted by atomic mass is 19.1. The number of benzene rings is 1. The van der Waals surface area contributed by atoms with Crippen LogP contribution in [0.5, 0.6) is 0 Å². The lowest BCUT2D eigenvalue weighted by Crippen LogP contribution is -2.35. The normalized spacial score (nSPS) is 19.9. The predicted molar refractivity (Wildman–Crippen MR) is 61.8 cm³/mol. The van der Waals surface area contributed by atoms with E-state index >= 15 is 0 Å². The first-order chi connectivity index (χ1) is 8.29. The number of ether oxygens (including phenoxy) is 1. The molecule has 1 saturated heterocycles. The van der Waals surface area contributed by atoms with Crippen LogP contribution < -0.4 is 5.32 Å². The van der Waals surface area contributed by atoms with Crippen LogP contribution in [0.3, 0.4) is 0 Å². The predicted octanol–water partition coefficient (Wildman–Crippen LogP) is 1.97. The quantitative estimate of drug-likeness (QED) is 0.869. The Kier molecular flexibility index (Phi) is 4.08. The molecule has 0 unspecified atom stereocenters. The second-order valence-electron chi connectivity index (χ2n) is 4.19. The molecule has 3 nitrogen and oxygen atoms in total. The van der Waals surface area contributed by atoms with Crippen LogP contribution in [0.1, 0.15) is 24.0 Å². The number of nitrogens with zero attached hydrogens (tertiary/aromatic N) is 1. The van der Waals surface area contributed by atoms with Gasteiger partial charge in [-0.2, -0.15) is 5.26 Å². The third kappa shape index (κ3) is 3.26. The van der Waals surface area contributed by atoms with Crippen molar-refractivity contribution in [2.24, 2.45) is 0 Å². The molecule has 1 fully saturated rings. The van der Waals surface area contributed by atoms with E-state index in [1.54, 1.807) is 0 Å². The van der Waals surface area contributed by atoms with Crippen molar-refractivity contribution in [3.05, 3.63) is 35.1 Å². The van der Waals surface area contributed by atoms with Gasteiger partial charge in [-0.1, -0.05) is 0 Å². The van der Waals surface area contributed by atoms with Gasteiger partial charge < -0.3 is 10.1 Å². The Labute approximate surface area is 100 Å². The third-order valence-corrected chi connectivity index (χ3v) is 2.91. The van der Waals surface area contributed by atoms with Crippen LogP contribution in [0.15, 0.2) is 18.2 Å². The number of rotatable bonds is 3. The standard InChI is InChI=1S/C13H15FN2O/c14-12-4-3-10(7-15)11(6-12)9-17-13-2-1-5-16-8-13/h3-4,6,13,16H,1-2,5,8-9H2/t13-/m0/s1. The molecule has 2 rings (SSSR count). The van der Waals surface area contributed by atoms with Crippen LogP contribution in [0.2, 0.25) is 0 Å². The highest BCUT2D eigenvalue weighted by molar-refractivity contribution is 5.37. The Morgan fingerprint density at radius 2 is 2.41 bits per heavy atom. The first-order valence-electron chi connectivity index (χ1n) is 5.80. The molecule has 1 aromatic rings. The largest absolute Gasteiger partial charge is 0.372 e. The van der Waals surface area contributed by atoms with Gasteiger partial charge in [0.05, 0.1) is 24.3 Å². The molecule has 4 heteroatoms. The topological polar surface area (TPSA) is 45.0 Å². The van der Waals surface area contributed by atoms with E-state index < -0.39 is 0 Å². The fourth-order valence-corrected chi connectivity index (χ4v) is 1.96. The van der Waals surface area contributed by atoms with Gasteiger partial charge in [0.1, 0.15) is 5.82 Å². The van der Waals surface area contributed by atoms with E-state index in [1.165, 1.54) is 18.2 Å². The number of nitriles is 1. The summed E-state index contributed by atoms with van der Waals surface area (Å²) in [6, 6.07) is 6.21. The molecule has 0 bridgehead atoms. The Morgan fingerprint density at radius 1 is 1.53 bits per heavy atom. The molecular formula is C13H15FN2O. The van der Waals surface area contributed by atoms with E-state index in [1.807, 2.05) is 6.07 Å². The summed E-state index contributed by atoms with van der Waals surface area (Å²) in [7, 11) is 0. The second kappa shape index (κ2) is 5.76. The molecule has 0 amide bonds. The lowest BCUT2D eigenvalue weighted by atomic mass is 10.1. The summed E-state index contributed by atoms with van der Waals surface area (Å²) in [4.78, 5) is 0. The average Bonchev–Trinajstić information content (AvgIpc) is 2.38. The third-order valence-electron chi connectivity index (χ3n) is 2.91. The molecular weight excluding hydrogens is 219 g/mol. The highest BCUT2D eigenvalue weighted by Crippen LogP contribution is 2.14. The van der Waals surface area contributed by atoms with Crippen LogP contribution in [0.4, 0.5) is 4.39 Å². The van der Waals surface area contributed by atoms with Gasteiger partial charge in [0.25, 0.3) is 0 Å². The molecule has 90 valence electrons. The molecule has 1 aromatic carbocycles. The van der Waals surface area contributed by atoms with Gasteiger partial charge in [-0.05, 0) is 43.1 Å². The van der Waals surface area contributed by atoms with E-state index in [9.17, 15) is 4.39 Å². The fourth-order valence-electron chi connectivity index (χ4n) is 1.96. The lowest BCUT2D eigenvalue weighted by molar-refractivity contribution is 0.0251. The maximum atomic E-state index is 13.1. The van der Waals surface area contributed by atoms with Gasteiger partial charge >= 0.3 is 0 Å². The summed E-state index contributed by atoms with van der Waals surface area (Å²) in [6.07, 6.45) is 2.28. The summed E-state index contributed by atoms with van der Waals surface area (Å²) in [5, 5.41) is 12.2. The van der Waals surface area contributed by atoms with Crippen molar-refractivity contribution in [2.45, 2.75) is 25.6 Å². The van der Waals surface area contributed by atoms with Gasteiger partial charge in [0, 0.05) is 6.54 Å². The first kappa shape index (κ1) is 12.0. The number of nitrogens with one attached hydrogen (secondary N) is 1. The monoisotopic (exact) mass is 234 g/mol. The zero-order chi connectivity index (χ0) is 12.1. The Balaban J connectivity index is 1.98. The van der Waals surface area contributed by atoms with Gasteiger partial charge in [0.2, 0.25) is 0 Å². The van der Waals surface area contributed by atoms with E-state index in [4.69, 9.17) is 10.00 Å². The van der Waals surface area contributed by atoms with Gasteiger partial charge in [-0.3, -0.25) is 0 Å². The van der Waals surface area contributed by atoms with Gasteiger partial charge in [-0.15, -0.1) is 0 Å². The van der Waals surface area contributed by atoms with Gasteiger partial charge in [-0.25, -0.2) is 4.39 Å². The molecule has 0 aliphatic carbocycles. The molecule has 1 aliphatic rings. The summed E-state index contributed by atoms with van der Waals surface area (Å²) >= 11 is 0. The van der Waals surface area contributed by atoms with Crippen molar-refractivity contribution in [2.75, 3.05) is 13.1 Å². The minimum Gasteiger partial charge on any atom is -0.372 e. The maximum absolute atomic E-state index is 13.1. The number of piperidine rings is 1. The van der Waals surface area contributed by atoms with Crippen molar-refractivity contribution in [1.82, 2.24) is 5.32 Å². The summed E-state index contributed by atoms with van der Waals surface area (Å²) in [6.45, 7) is 2.16. The minimum atomic E-state index is -0.329. The Morgan fingerprint density at radius 3 is 3.12 bits per heavy atom. The van der Waals surface area contributed by atoms with Crippen molar-refractivity contribution >= 4 is 0 Å². The highest BCUT2D eigenvalue weighted by Gasteiger charge is 2.14. The second-order valence-corrected chi connectivity index (χ2v) is 4.19. The smallest absolute Gasteiger partial charge is 0.123 e. The summed E-state index contributed by atoms with van der Waals surface area (Å²) < 4.78 is 18.8. The first-order valence-corrected chi connectivity index (χ1v) is 5.80. The SMILES string of the molecule is N#Cc1ccc(F)cc1CO[C@H]1CCCNC1. The van der Waals surface area contributed by atoms with Crippen LogP contribution in [-0.2, 0) is 11.3 Å². The van der Waals surface area contributed by atoms with Crippen molar-refractivity contribution in [3.8, 4) is 6.07 Å². The van der Waals surface area contributed by atoms with E-state index in [0.717, 1.165) is 25.9 Å². The van der Waals surface area contributed by atoms with Crippen LogP contribution in [0.25, 0.3) is 0 Å². The number of hydrogen-bond acceptors (Lipinski definition) is 3. The average molecular weight is 234 g/mol. The van der Waals surface area contributed by atoms with Crippen LogP contribution in [0, 0.1) is 17.1 Å². The van der Waals surface area contributed by atoms with E-state index in [-0.39, 0.29) is 11.9 Å². The maximum Gasteiger partial charge on any atom is 0.123 e. The molecule has 1 atom stereocenters. The molecule has 0 spiro atoms. The summed E-state index contributed by atoms with van der Waals surface area (Å²) in [5.41, 5.74) is 1.10. The molecule has 17 heavy (non-hydrogen) atoms. The zero-order valence-electron chi connectivity index (χ0n) is 9.58. The molecule has 1 heterocycles. The Hall–Kier alpha value is -1.44. The molecule has 0 aromatic heterocycles. The van der Waals surface area contributed by atoms with E-state index in [0.29, 0.717) is 17.7 Å². The number of halogens is 1. The zero-order valence-corrected chi connectivity index (χ0v) is 9.58. The van der Waals surface area contributed by atoms with E-state index in [2.05, 4.69) is 5.32 Å². The van der Waals surface area contributed by atoms with Crippen molar-refractivity contribution in [1.29, 1.82) is 5.26 Å².